The molecule has 6 heteroatoms. The van der Waals surface area contributed by atoms with Crippen LogP contribution in [0.25, 0.3) is 11.5 Å². The third kappa shape index (κ3) is 4.96. The number of rotatable bonds is 5. The van der Waals surface area contributed by atoms with Gasteiger partial charge in [-0.15, -0.1) is 0 Å². The van der Waals surface area contributed by atoms with Crippen LogP contribution in [-0.4, -0.2) is 29.0 Å². The molecular weight excluding hydrogens is 344 g/mol. The van der Waals surface area contributed by atoms with Crippen molar-refractivity contribution in [1.29, 1.82) is 0 Å². The van der Waals surface area contributed by atoms with Crippen LogP contribution in [0.3, 0.4) is 0 Å². The van der Waals surface area contributed by atoms with Crippen molar-refractivity contribution >= 4 is 11.9 Å². The van der Waals surface area contributed by atoms with Crippen molar-refractivity contribution in [3.63, 3.8) is 0 Å². The number of nitrogens with zero attached hydrogens (tertiary/aromatic N) is 1. The van der Waals surface area contributed by atoms with Crippen molar-refractivity contribution < 1.29 is 18.7 Å². The standard InChI is InChI=1S/C21H26N2O4/c1-14-18(23-20(26-14)16-10-6-5-7-11-16)21(25)27-15(2)19(24)22-17-12-8-3-4-9-13-17/h5-7,10-11,15,17H,3-4,8-9,12-13H2,1-2H3,(H,22,24)/t15-/m1/s1. The molecule has 1 aliphatic rings. The summed E-state index contributed by atoms with van der Waals surface area (Å²) in [6, 6.07) is 9.49. The first-order chi connectivity index (χ1) is 13.0. The molecule has 1 heterocycles. The summed E-state index contributed by atoms with van der Waals surface area (Å²) < 4.78 is 10.9. The van der Waals surface area contributed by atoms with Crippen LogP contribution >= 0.6 is 0 Å². The Hall–Kier alpha value is -2.63. The summed E-state index contributed by atoms with van der Waals surface area (Å²) in [6.07, 6.45) is 5.76. The molecule has 144 valence electrons. The summed E-state index contributed by atoms with van der Waals surface area (Å²) >= 11 is 0. The zero-order valence-electron chi connectivity index (χ0n) is 15.9. The van der Waals surface area contributed by atoms with Crippen molar-refractivity contribution in [2.45, 2.75) is 64.5 Å². The SMILES string of the molecule is Cc1oc(-c2ccccc2)nc1C(=O)O[C@H](C)C(=O)NC1CCCCCC1. The first-order valence-electron chi connectivity index (χ1n) is 9.59. The fraction of sp³-hybridized carbons (Fsp3) is 0.476. The predicted molar refractivity (Wildman–Crippen MR) is 101 cm³/mol. The molecule has 3 rings (SSSR count). The maximum Gasteiger partial charge on any atom is 0.361 e. The van der Waals surface area contributed by atoms with Crippen LogP contribution in [0.4, 0.5) is 0 Å². The summed E-state index contributed by atoms with van der Waals surface area (Å²) in [5.74, 6) is -0.188. The molecule has 1 aliphatic carbocycles. The first-order valence-corrected chi connectivity index (χ1v) is 9.59. The number of benzene rings is 1. The molecule has 1 amide bonds. The summed E-state index contributed by atoms with van der Waals surface area (Å²) in [5, 5.41) is 3.00. The van der Waals surface area contributed by atoms with Crippen LogP contribution in [0.15, 0.2) is 34.7 Å². The smallest absolute Gasteiger partial charge is 0.361 e. The van der Waals surface area contributed by atoms with E-state index in [1.165, 1.54) is 12.8 Å². The minimum absolute atomic E-state index is 0.1000. The van der Waals surface area contributed by atoms with Crippen molar-refractivity contribution in [3.05, 3.63) is 41.8 Å². The van der Waals surface area contributed by atoms with Crippen molar-refractivity contribution in [1.82, 2.24) is 10.3 Å². The van der Waals surface area contributed by atoms with Crippen LogP contribution in [0, 0.1) is 6.92 Å². The number of esters is 1. The second kappa shape index (κ2) is 8.84. The van der Waals surface area contributed by atoms with E-state index in [-0.39, 0.29) is 17.6 Å². The van der Waals surface area contributed by atoms with Gasteiger partial charge >= 0.3 is 5.97 Å². The van der Waals surface area contributed by atoms with Gasteiger partial charge in [0.25, 0.3) is 5.91 Å². The second-order valence-corrected chi connectivity index (χ2v) is 7.03. The minimum Gasteiger partial charge on any atom is -0.448 e. The number of carbonyl (C=O) groups is 2. The average Bonchev–Trinajstić information content (AvgIpc) is 2.88. The lowest BCUT2D eigenvalue weighted by Crippen LogP contribution is -2.41. The van der Waals surface area contributed by atoms with Crippen molar-refractivity contribution in [3.8, 4) is 11.5 Å². The lowest BCUT2D eigenvalue weighted by Gasteiger charge is -2.19. The Labute approximate surface area is 159 Å². The van der Waals surface area contributed by atoms with E-state index in [4.69, 9.17) is 9.15 Å². The number of oxazole rings is 1. The summed E-state index contributed by atoms with van der Waals surface area (Å²) in [4.78, 5) is 29.1. The zero-order chi connectivity index (χ0) is 19.2. The molecular formula is C21H26N2O4. The number of ether oxygens (including phenoxy) is 1. The van der Waals surface area contributed by atoms with E-state index in [1.807, 2.05) is 30.3 Å². The molecule has 1 atom stereocenters. The Morgan fingerprint density at radius 3 is 2.48 bits per heavy atom. The van der Waals surface area contributed by atoms with Gasteiger partial charge in [-0.05, 0) is 38.8 Å². The quantitative estimate of drug-likeness (QED) is 0.635. The van der Waals surface area contributed by atoms with Gasteiger partial charge in [0.15, 0.2) is 11.8 Å². The number of nitrogens with one attached hydrogen (secondary N) is 1. The molecule has 0 unspecified atom stereocenters. The molecule has 1 saturated carbocycles. The molecule has 0 bridgehead atoms. The third-order valence-corrected chi connectivity index (χ3v) is 4.87. The molecule has 27 heavy (non-hydrogen) atoms. The molecule has 2 aromatic rings. The highest BCUT2D eigenvalue weighted by atomic mass is 16.5. The van der Waals surface area contributed by atoms with Crippen molar-refractivity contribution in [2.75, 3.05) is 0 Å². The van der Waals surface area contributed by atoms with E-state index in [2.05, 4.69) is 10.3 Å². The van der Waals surface area contributed by atoms with Gasteiger partial charge in [-0.1, -0.05) is 43.9 Å². The normalized spacial score (nSPS) is 16.4. The van der Waals surface area contributed by atoms with Crippen molar-refractivity contribution in [2.24, 2.45) is 0 Å². The number of carbonyl (C=O) groups excluding carboxylic acids is 2. The van der Waals surface area contributed by atoms with Gasteiger partial charge in [-0.25, -0.2) is 9.78 Å². The molecule has 1 aromatic carbocycles. The molecule has 1 aromatic heterocycles. The summed E-state index contributed by atoms with van der Waals surface area (Å²) in [7, 11) is 0. The van der Waals surface area contributed by atoms with Crippen LogP contribution in [-0.2, 0) is 9.53 Å². The van der Waals surface area contributed by atoms with Gasteiger partial charge < -0.3 is 14.5 Å². The average molecular weight is 370 g/mol. The zero-order valence-corrected chi connectivity index (χ0v) is 15.9. The van der Waals surface area contributed by atoms with E-state index in [0.29, 0.717) is 11.7 Å². The Bertz CT molecular complexity index is 777. The Kier molecular flexibility index (Phi) is 6.27. The maximum absolute atomic E-state index is 12.4. The number of hydrogen-bond donors (Lipinski definition) is 1. The highest BCUT2D eigenvalue weighted by Crippen LogP contribution is 2.22. The van der Waals surface area contributed by atoms with Gasteiger partial charge in [0.2, 0.25) is 5.89 Å². The molecule has 0 aliphatic heterocycles. The third-order valence-electron chi connectivity index (χ3n) is 4.87. The van der Waals surface area contributed by atoms with Gasteiger partial charge in [0.05, 0.1) is 0 Å². The van der Waals surface area contributed by atoms with Crippen LogP contribution in [0.1, 0.15) is 61.7 Å². The molecule has 1 fully saturated rings. The number of aromatic nitrogens is 1. The lowest BCUT2D eigenvalue weighted by atomic mass is 10.1. The fourth-order valence-corrected chi connectivity index (χ4v) is 3.30. The van der Waals surface area contributed by atoms with Gasteiger partial charge in [-0.3, -0.25) is 4.79 Å². The fourth-order valence-electron chi connectivity index (χ4n) is 3.30. The molecule has 0 saturated heterocycles. The summed E-state index contributed by atoms with van der Waals surface area (Å²) in [6.45, 7) is 3.24. The molecule has 1 N–H and O–H groups in total. The Morgan fingerprint density at radius 2 is 1.81 bits per heavy atom. The molecule has 6 nitrogen and oxygen atoms in total. The maximum atomic E-state index is 12.4. The first kappa shape index (κ1) is 19.1. The Balaban J connectivity index is 1.61. The Morgan fingerprint density at radius 1 is 1.15 bits per heavy atom. The number of amides is 1. The van der Waals surface area contributed by atoms with Gasteiger partial charge in [0, 0.05) is 11.6 Å². The number of hydrogen-bond acceptors (Lipinski definition) is 5. The molecule has 0 spiro atoms. The highest BCUT2D eigenvalue weighted by molar-refractivity contribution is 5.91. The topological polar surface area (TPSA) is 81.4 Å². The number of aryl methyl sites for hydroxylation is 1. The largest absolute Gasteiger partial charge is 0.448 e. The van der Waals surface area contributed by atoms with Crippen LogP contribution in [0.5, 0.6) is 0 Å². The summed E-state index contributed by atoms with van der Waals surface area (Å²) in [5.41, 5.74) is 0.877. The van der Waals surface area contributed by atoms with E-state index < -0.39 is 12.1 Å². The predicted octanol–water partition coefficient (Wildman–Crippen LogP) is 4.03. The van der Waals surface area contributed by atoms with E-state index >= 15 is 0 Å². The van der Waals surface area contributed by atoms with E-state index in [0.717, 1.165) is 31.2 Å². The van der Waals surface area contributed by atoms with Crippen LogP contribution < -0.4 is 5.32 Å². The highest BCUT2D eigenvalue weighted by Gasteiger charge is 2.25. The van der Waals surface area contributed by atoms with E-state index in [9.17, 15) is 9.59 Å². The molecule has 0 radical (unpaired) electrons. The lowest BCUT2D eigenvalue weighted by molar-refractivity contribution is -0.129. The second-order valence-electron chi connectivity index (χ2n) is 7.03. The monoisotopic (exact) mass is 370 g/mol. The van der Waals surface area contributed by atoms with Gasteiger partial charge in [0.1, 0.15) is 5.76 Å². The van der Waals surface area contributed by atoms with Gasteiger partial charge in [-0.2, -0.15) is 0 Å². The van der Waals surface area contributed by atoms with E-state index in [1.54, 1.807) is 13.8 Å². The minimum atomic E-state index is -0.878. The van der Waals surface area contributed by atoms with Crippen LogP contribution in [0.2, 0.25) is 0 Å².